The van der Waals surface area contributed by atoms with Crippen LogP contribution in [0.25, 0.3) is 0 Å². The summed E-state index contributed by atoms with van der Waals surface area (Å²) in [7, 11) is -4.37. The number of aliphatic hydroxyl groups is 1. The van der Waals surface area contributed by atoms with Crippen molar-refractivity contribution in [1.29, 1.82) is 0 Å². The molecule has 290 valence electrons. The van der Waals surface area contributed by atoms with Gasteiger partial charge < -0.3 is 10.4 Å². The lowest BCUT2D eigenvalue weighted by Gasteiger charge is -2.21. The van der Waals surface area contributed by atoms with E-state index in [2.05, 4.69) is 104 Å². The number of rotatable bonds is 34. The van der Waals surface area contributed by atoms with Crippen LogP contribution in [0.4, 0.5) is 0 Å². The third-order valence-electron chi connectivity index (χ3n) is 8.24. The zero-order valence-corrected chi connectivity index (χ0v) is 33.0. The highest BCUT2D eigenvalue weighted by molar-refractivity contribution is 7.85. The number of hydrogen-bond donors (Lipinski definition) is 3. The van der Waals surface area contributed by atoms with E-state index in [1.807, 2.05) is 0 Å². The molecule has 0 aliphatic rings. The van der Waals surface area contributed by atoms with Crippen LogP contribution in [0.1, 0.15) is 155 Å². The molecule has 7 heteroatoms. The minimum atomic E-state index is -4.37. The fraction of sp³-hybridized carbons (Fsp3) is 0.614. The number of allylic oxidation sites excluding steroid dienone is 15. The van der Waals surface area contributed by atoms with Crippen molar-refractivity contribution in [3.63, 3.8) is 0 Å². The molecule has 0 saturated carbocycles. The van der Waals surface area contributed by atoms with Gasteiger partial charge in [0.15, 0.2) is 0 Å². The third-order valence-corrected chi connectivity index (χ3v) is 9.02. The molecule has 0 aromatic rings. The van der Waals surface area contributed by atoms with Gasteiger partial charge in [0, 0.05) is 6.42 Å². The summed E-state index contributed by atoms with van der Waals surface area (Å²) < 4.78 is 32.4. The smallest absolute Gasteiger partial charge is 0.267 e. The maximum absolute atomic E-state index is 12.5. The van der Waals surface area contributed by atoms with Crippen molar-refractivity contribution < 1.29 is 22.9 Å². The van der Waals surface area contributed by atoms with Crippen LogP contribution in [0.3, 0.4) is 0 Å². The number of aliphatic hydroxyl groups excluding tert-OH is 1. The Kier molecular flexibility index (Phi) is 35.0. The van der Waals surface area contributed by atoms with Crippen LogP contribution in [-0.4, -0.2) is 41.9 Å². The van der Waals surface area contributed by atoms with Gasteiger partial charge in [0.1, 0.15) is 0 Å². The summed E-state index contributed by atoms with van der Waals surface area (Å²) in [4.78, 5) is 12.5. The molecule has 0 spiro atoms. The zero-order valence-electron chi connectivity index (χ0n) is 32.2. The molecule has 0 aromatic carbocycles. The topological polar surface area (TPSA) is 104 Å². The van der Waals surface area contributed by atoms with Gasteiger partial charge in [-0.05, 0) is 83.5 Å². The first kappa shape index (κ1) is 48.3. The first-order valence-corrected chi connectivity index (χ1v) is 21.5. The Hall–Kier alpha value is -2.74. The van der Waals surface area contributed by atoms with Gasteiger partial charge in [-0.15, -0.1) is 0 Å². The number of unbranched alkanes of at least 4 members (excludes halogenated alkanes) is 12. The van der Waals surface area contributed by atoms with E-state index in [0.717, 1.165) is 77.0 Å². The van der Waals surface area contributed by atoms with E-state index in [4.69, 9.17) is 0 Å². The number of nitrogens with one attached hydrogen (secondary N) is 1. The van der Waals surface area contributed by atoms with Crippen LogP contribution in [-0.2, 0) is 14.9 Å². The van der Waals surface area contributed by atoms with Crippen LogP contribution in [0.15, 0.2) is 97.2 Å². The highest BCUT2D eigenvalue weighted by atomic mass is 32.2. The monoisotopic (exact) mass is 728 g/mol. The van der Waals surface area contributed by atoms with E-state index in [9.17, 15) is 22.9 Å². The lowest BCUT2D eigenvalue weighted by atomic mass is 10.1. The first-order chi connectivity index (χ1) is 24.8. The highest BCUT2D eigenvalue weighted by Gasteiger charge is 2.24. The Balaban J connectivity index is 4.06. The van der Waals surface area contributed by atoms with E-state index in [-0.39, 0.29) is 12.3 Å². The quantitative estimate of drug-likeness (QED) is 0.0348. The van der Waals surface area contributed by atoms with Gasteiger partial charge >= 0.3 is 0 Å². The molecule has 0 aliphatic carbocycles. The van der Waals surface area contributed by atoms with Gasteiger partial charge in [-0.2, -0.15) is 8.42 Å². The van der Waals surface area contributed by atoms with Crippen molar-refractivity contribution in [2.45, 2.75) is 167 Å². The third kappa shape index (κ3) is 38.3. The molecule has 0 bridgehead atoms. The number of carbonyl (C=O) groups excluding carboxylic acids is 1. The van der Waals surface area contributed by atoms with Gasteiger partial charge in [0.05, 0.1) is 17.9 Å². The molecule has 2 atom stereocenters. The second-order valence-electron chi connectivity index (χ2n) is 13.2. The summed E-state index contributed by atoms with van der Waals surface area (Å²) in [6.07, 6.45) is 55.3. The summed E-state index contributed by atoms with van der Waals surface area (Å²) in [5.74, 6) is -1.05. The van der Waals surface area contributed by atoms with E-state index in [1.54, 1.807) is 6.08 Å². The summed E-state index contributed by atoms with van der Waals surface area (Å²) in [5, 5.41) is 13.2. The normalized spacial score (nSPS) is 14.4. The second-order valence-corrected chi connectivity index (χ2v) is 14.7. The first-order valence-electron chi connectivity index (χ1n) is 19.9. The van der Waals surface area contributed by atoms with E-state index in [1.165, 1.54) is 51.0 Å². The average Bonchev–Trinajstić information content (AvgIpc) is 3.09. The number of amides is 1. The lowest BCUT2D eigenvalue weighted by molar-refractivity contribution is -0.122. The highest BCUT2D eigenvalue weighted by Crippen LogP contribution is 2.10. The molecule has 1 amide bonds. The van der Waals surface area contributed by atoms with Gasteiger partial charge in [0.2, 0.25) is 5.91 Å². The molecule has 0 saturated heterocycles. The van der Waals surface area contributed by atoms with Crippen molar-refractivity contribution in [3.05, 3.63) is 97.2 Å². The molecule has 0 rings (SSSR count). The second kappa shape index (κ2) is 37.0. The van der Waals surface area contributed by atoms with Crippen molar-refractivity contribution in [1.82, 2.24) is 5.32 Å². The summed E-state index contributed by atoms with van der Waals surface area (Å²) in [6.45, 7) is 4.38. The largest absolute Gasteiger partial charge is 0.387 e. The van der Waals surface area contributed by atoms with Gasteiger partial charge in [-0.3, -0.25) is 9.35 Å². The molecule has 6 nitrogen and oxygen atoms in total. The van der Waals surface area contributed by atoms with Crippen LogP contribution >= 0.6 is 0 Å². The minimum Gasteiger partial charge on any atom is -0.387 e. The van der Waals surface area contributed by atoms with Crippen LogP contribution < -0.4 is 5.32 Å². The van der Waals surface area contributed by atoms with Crippen LogP contribution in [0, 0.1) is 0 Å². The molecule has 2 unspecified atom stereocenters. The van der Waals surface area contributed by atoms with Gasteiger partial charge in [-0.25, -0.2) is 0 Å². The van der Waals surface area contributed by atoms with Gasteiger partial charge in [0.25, 0.3) is 10.1 Å². The molecule has 51 heavy (non-hydrogen) atoms. The van der Waals surface area contributed by atoms with Crippen molar-refractivity contribution in [2.75, 3.05) is 5.75 Å². The van der Waals surface area contributed by atoms with Crippen molar-refractivity contribution in [2.24, 2.45) is 0 Å². The molecular weight excluding hydrogens is 655 g/mol. The standard InChI is InChI=1S/C44H73NO5S/c1-3-5-7-9-11-13-15-17-18-19-20-21-22-23-24-25-26-28-30-32-34-36-38-40-44(47)45-42(41-51(48,49)50)43(46)39-37-35-33-31-29-27-16-14-12-10-8-6-4-2/h5,7,11,13,17-18,20-21,23-24,26,28-29,31,37,39,42-43,46H,3-4,6,8-10,12,14-16,19,22,25,27,30,32-36,38,40-41H2,1-2H3,(H,45,47)(H,48,49,50)/b7-5-,13-11-,18-17-,21-20-,24-23-,28-26-,31-29+,39-37+. The van der Waals surface area contributed by atoms with Crippen LogP contribution in [0.2, 0.25) is 0 Å². The van der Waals surface area contributed by atoms with E-state index < -0.39 is 28.0 Å². The molecule has 0 radical (unpaired) electrons. The maximum atomic E-state index is 12.5. The Morgan fingerprint density at radius 1 is 0.549 bits per heavy atom. The van der Waals surface area contributed by atoms with E-state index >= 15 is 0 Å². The van der Waals surface area contributed by atoms with Crippen molar-refractivity contribution >= 4 is 16.0 Å². The Morgan fingerprint density at radius 3 is 1.47 bits per heavy atom. The fourth-order valence-electron chi connectivity index (χ4n) is 5.29. The Bertz CT molecular complexity index is 1160. The molecular formula is C44H73NO5S. The molecule has 0 aromatic heterocycles. The fourth-order valence-corrected chi connectivity index (χ4v) is 6.02. The summed E-state index contributed by atoms with van der Waals surface area (Å²) >= 11 is 0. The molecule has 3 N–H and O–H groups in total. The SMILES string of the molecule is CC/C=C\C/C=C\C/C=C\C/C=C\C/C=C\C/C=C\CCCCCCC(=O)NC(CS(=O)(=O)O)C(O)/C=C/CC/C=C/CCCCCCCCC. The number of carbonyl (C=O) groups is 1. The van der Waals surface area contributed by atoms with E-state index in [0.29, 0.717) is 12.8 Å². The van der Waals surface area contributed by atoms with Crippen molar-refractivity contribution in [3.8, 4) is 0 Å². The predicted octanol–water partition coefficient (Wildman–Crippen LogP) is 11.8. The average molecular weight is 728 g/mol. The molecule has 0 heterocycles. The predicted molar refractivity (Wildman–Crippen MR) is 220 cm³/mol. The van der Waals surface area contributed by atoms with Gasteiger partial charge in [-0.1, -0.05) is 162 Å². The molecule has 0 fully saturated rings. The lowest BCUT2D eigenvalue weighted by Crippen LogP contribution is -2.46. The zero-order chi connectivity index (χ0) is 37.5. The van der Waals surface area contributed by atoms with Crippen LogP contribution in [0.5, 0.6) is 0 Å². The summed E-state index contributed by atoms with van der Waals surface area (Å²) in [5.41, 5.74) is 0. The number of hydrogen-bond acceptors (Lipinski definition) is 4. The summed E-state index contributed by atoms with van der Waals surface area (Å²) in [6, 6.07) is -1.09. The molecule has 0 aliphatic heterocycles. The Morgan fingerprint density at radius 2 is 0.961 bits per heavy atom. The minimum absolute atomic E-state index is 0.252. The Labute approximate surface area is 313 Å². The maximum Gasteiger partial charge on any atom is 0.267 e.